The molecular formula is C24H38O6. The van der Waals surface area contributed by atoms with Crippen molar-refractivity contribution >= 4 is 11.9 Å². The second kappa shape index (κ2) is 11.1. The lowest BCUT2D eigenvalue weighted by Gasteiger charge is -2.40. The topological polar surface area (TPSA) is 104 Å². The van der Waals surface area contributed by atoms with Gasteiger partial charge in [0.2, 0.25) is 0 Å². The summed E-state index contributed by atoms with van der Waals surface area (Å²) in [5.74, 6) is -1.99. The van der Waals surface area contributed by atoms with Crippen LogP contribution in [0, 0.1) is 29.6 Å². The minimum absolute atomic E-state index is 0.0387. The van der Waals surface area contributed by atoms with Crippen molar-refractivity contribution in [2.24, 2.45) is 29.6 Å². The fourth-order valence-corrected chi connectivity index (χ4v) is 4.52. The van der Waals surface area contributed by atoms with Gasteiger partial charge in [-0.2, -0.15) is 0 Å². The number of hydrogen-bond donors (Lipinski definition) is 3. The van der Waals surface area contributed by atoms with Gasteiger partial charge in [-0.1, -0.05) is 39.0 Å². The summed E-state index contributed by atoms with van der Waals surface area (Å²) in [6.07, 6.45) is 8.54. The summed E-state index contributed by atoms with van der Waals surface area (Å²) < 4.78 is 5.93. The van der Waals surface area contributed by atoms with E-state index in [0.717, 1.165) is 32.1 Å². The summed E-state index contributed by atoms with van der Waals surface area (Å²) in [5.41, 5.74) is 1.21. The van der Waals surface area contributed by atoms with Crippen LogP contribution in [0.25, 0.3) is 0 Å². The van der Waals surface area contributed by atoms with E-state index in [-0.39, 0.29) is 42.2 Å². The molecule has 0 spiro atoms. The molecule has 0 saturated carbocycles. The standard InChI is InChI=1S/C24H38O6/c1-5-14(2)24(29)30-21-11-7-9-17-8-6-10-18(22(17)21)12-15(3)19(25)13-20(26)16(4)23(27)28/h6,8-9,14-16,18-22,25-26H,5,7,10-13H2,1-4H3,(H,27,28)/t14?,15-,16+,18+,19-,20-,21+,22+/m1/s1. The Morgan fingerprint density at radius 2 is 1.90 bits per heavy atom. The number of rotatable bonds is 10. The molecule has 6 heteroatoms. The average Bonchev–Trinajstić information content (AvgIpc) is 2.72. The molecular weight excluding hydrogens is 384 g/mol. The first kappa shape index (κ1) is 24.6. The largest absolute Gasteiger partial charge is 0.481 e. The molecule has 2 rings (SSSR count). The Hall–Kier alpha value is -1.66. The normalized spacial score (nSPS) is 28.5. The van der Waals surface area contributed by atoms with Crippen molar-refractivity contribution in [3.05, 3.63) is 23.8 Å². The smallest absolute Gasteiger partial charge is 0.308 e. The van der Waals surface area contributed by atoms with Gasteiger partial charge in [0.25, 0.3) is 0 Å². The number of allylic oxidation sites excluding steroid dienone is 3. The summed E-state index contributed by atoms with van der Waals surface area (Å²) in [5, 5.41) is 29.7. The van der Waals surface area contributed by atoms with Gasteiger partial charge in [-0.15, -0.1) is 0 Å². The van der Waals surface area contributed by atoms with E-state index < -0.39 is 24.1 Å². The van der Waals surface area contributed by atoms with E-state index in [1.807, 2.05) is 20.8 Å². The van der Waals surface area contributed by atoms with Gasteiger partial charge in [0.15, 0.2) is 0 Å². The molecule has 0 aromatic rings. The third-order valence-electron chi connectivity index (χ3n) is 6.94. The van der Waals surface area contributed by atoms with Crippen molar-refractivity contribution in [2.75, 3.05) is 0 Å². The molecule has 0 bridgehead atoms. The number of carbonyl (C=O) groups excluding carboxylic acids is 1. The lowest BCUT2D eigenvalue weighted by Crippen LogP contribution is -2.39. The number of carbonyl (C=O) groups is 2. The Bertz CT molecular complexity index is 654. The molecule has 0 heterocycles. The molecule has 0 aliphatic heterocycles. The van der Waals surface area contributed by atoms with E-state index >= 15 is 0 Å². The molecule has 0 aromatic heterocycles. The molecule has 0 fully saturated rings. The van der Waals surface area contributed by atoms with Gasteiger partial charge in [0.05, 0.1) is 24.0 Å². The Kier molecular flexibility index (Phi) is 9.10. The van der Waals surface area contributed by atoms with E-state index in [4.69, 9.17) is 9.84 Å². The van der Waals surface area contributed by atoms with E-state index in [1.165, 1.54) is 12.5 Å². The Balaban J connectivity index is 2.05. The third-order valence-corrected chi connectivity index (χ3v) is 6.94. The minimum Gasteiger partial charge on any atom is -0.481 e. The van der Waals surface area contributed by atoms with E-state index in [1.54, 1.807) is 0 Å². The molecule has 170 valence electrons. The zero-order chi connectivity index (χ0) is 22.4. The molecule has 0 aromatic carbocycles. The highest BCUT2D eigenvalue weighted by molar-refractivity contribution is 5.72. The van der Waals surface area contributed by atoms with Crippen molar-refractivity contribution in [1.82, 2.24) is 0 Å². The van der Waals surface area contributed by atoms with E-state index in [0.29, 0.717) is 0 Å². The molecule has 0 amide bonds. The van der Waals surface area contributed by atoms with Gasteiger partial charge in [0.1, 0.15) is 6.10 Å². The van der Waals surface area contributed by atoms with Crippen LogP contribution in [0.5, 0.6) is 0 Å². The predicted molar refractivity (Wildman–Crippen MR) is 115 cm³/mol. The first-order chi connectivity index (χ1) is 14.1. The van der Waals surface area contributed by atoms with Crippen molar-refractivity contribution < 1.29 is 29.6 Å². The van der Waals surface area contributed by atoms with Gasteiger partial charge in [-0.3, -0.25) is 9.59 Å². The molecule has 2 aliphatic rings. The molecule has 3 N–H and O–H groups in total. The van der Waals surface area contributed by atoms with Crippen LogP contribution in [0.15, 0.2) is 23.8 Å². The van der Waals surface area contributed by atoms with Crippen LogP contribution in [0.3, 0.4) is 0 Å². The number of aliphatic hydroxyl groups is 2. The monoisotopic (exact) mass is 422 g/mol. The highest BCUT2D eigenvalue weighted by Crippen LogP contribution is 2.42. The van der Waals surface area contributed by atoms with Gasteiger partial charge in [0, 0.05) is 12.3 Å². The molecule has 1 unspecified atom stereocenters. The SMILES string of the molecule is CCC(C)C(=O)O[C@H]1CCC=C2C=CC[C@@H](C[C@@H](C)[C@H](O)C[C@@H](O)[C@H](C)C(=O)O)[C@H]21. The van der Waals surface area contributed by atoms with Crippen LogP contribution < -0.4 is 0 Å². The Morgan fingerprint density at radius 3 is 2.53 bits per heavy atom. The highest BCUT2D eigenvalue weighted by atomic mass is 16.5. The maximum atomic E-state index is 12.4. The van der Waals surface area contributed by atoms with Gasteiger partial charge in [-0.25, -0.2) is 0 Å². The number of carboxylic acid groups (broad SMARTS) is 1. The summed E-state index contributed by atoms with van der Waals surface area (Å²) >= 11 is 0. The first-order valence-corrected chi connectivity index (χ1v) is 11.3. The van der Waals surface area contributed by atoms with Gasteiger partial charge in [-0.05, 0) is 56.4 Å². The van der Waals surface area contributed by atoms with Crippen LogP contribution in [-0.4, -0.2) is 45.6 Å². The molecule has 0 radical (unpaired) electrons. The average molecular weight is 423 g/mol. The minimum atomic E-state index is -1.08. The Morgan fingerprint density at radius 1 is 1.20 bits per heavy atom. The first-order valence-electron chi connectivity index (χ1n) is 11.3. The lowest BCUT2D eigenvalue weighted by atomic mass is 9.69. The van der Waals surface area contributed by atoms with E-state index in [2.05, 4.69) is 18.2 Å². The van der Waals surface area contributed by atoms with Crippen molar-refractivity contribution in [2.45, 2.75) is 84.5 Å². The molecule has 0 saturated heterocycles. The fourth-order valence-electron chi connectivity index (χ4n) is 4.52. The number of fused-ring (bicyclic) bond motifs is 1. The second-order valence-corrected chi connectivity index (χ2v) is 9.20. The molecule has 2 aliphatic carbocycles. The lowest BCUT2D eigenvalue weighted by molar-refractivity contribution is -0.157. The second-order valence-electron chi connectivity index (χ2n) is 9.20. The predicted octanol–water partition coefficient (Wildman–Crippen LogP) is 3.72. The number of aliphatic carboxylic acids is 1. The maximum absolute atomic E-state index is 12.4. The summed E-state index contributed by atoms with van der Waals surface area (Å²) in [6.45, 7) is 7.26. The number of aliphatic hydroxyl groups excluding tert-OH is 2. The highest BCUT2D eigenvalue weighted by Gasteiger charge is 2.39. The molecule has 8 atom stereocenters. The van der Waals surface area contributed by atoms with Crippen molar-refractivity contribution in [3.63, 3.8) is 0 Å². The van der Waals surface area contributed by atoms with Gasteiger partial charge < -0.3 is 20.1 Å². The van der Waals surface area contributed by atoms with Crippen molar-refractivity contribution in [1.29, 1.82) is 0 Å². The zero-order valence-corrected chi connectivity index (χ0v) is 18.7. The third kappa shape index (κ3) is 6.17. The zero-order valence-electron chi connectivity index (χ0n) is 18.7. The van der Waals surface area contributed by atoms with E-state index in [9.17, 15) is 19.8 Å². The summed E-state index contributed by atoms with van der Waals surface area (Å²) in [6, 6.07) is 0. The number of carboxylic acids is 1. The number of hydrogen-bond acceptors (Lipinski definition) is 5. The van der Waals surface area contributed by atoms with Gasteiger partial charge >= 0.3 is 11.9 Å². The van der Waals surface area contributed by atoms with Crippen LogP contribution in [0.4, 0.5) is 0 Å². The summed E-state index contributed by atoms with van der Waals surface area (Å²) in [4.78, 5) is 23.5. The van der Waals surface area contributed by atoms with Crippen molar-refractivity contribution in [3.8, 4) is 0 Å². The van der Waals surface area contributed by atoms with Crippen LogP contribution in [0.1, 0.15) is 66.2 Å². The van der Waals surface area contributed by atoms with Crippen LogP contribution >= 0.6 is 0 Å². The number of esters is 1. The molecule has 6 nitrogen and oxygen atoms in total. The van der Waals surface area contributed by atoms with Crippen LogP contribution in [0.2, 0.25) is 0 Å². The Labute approximate surface area is 180 Å². The fraction of sp³-hybridized carbons (Fsp3) is 0.750. The summed E-state index contributed by atoms with van der Waals surface area (Å²) in [7, 11) is 0. The quantitative estimate of drug-likeness (QED) is 0.464. The maximum Gasteiger partial charge on any atom is 0.308 e. The van der Waals surface area contributed by atoms with Crippen LogP contribution in [-0.2, 0) is 14.3 Å². The number of ether oxygens (including phenoxy) is 1. The molecule has 30 heavy (non-hydrogen) atoms.